The average Bonchev–Trinajstić information content (AvgIpc) is 2.99. The van der Waals surface area contributed by atoms with Crippen LogP contribution in [0, 0.1) is 12.3 Å². The topological polar surface area (TPSA) is 49.3 Å². The molecule has 2 aromatic rings. The highest BCUT2D eigenvalue weighted by atomic mass is 16.2. The first-order valence-corrected chi connectivity index (χ1v) is 10.9. The lowest BCUT2D eigenvalue weighted by molar-refractivity contribution is -0.0115. The molecule has 152 valence electrons. The number of carbonyl (C=O) groups excluding carboxylic acids is 1. The Morgan fingerprint density at radius 1 is 1.14 bits per heavy atom. The molecular weight excluding hydrogens is 360 g/mol. The Kier molecular flexibility index (Phi) is 4.46. The van der Waals surface area contributed by atoms with Gasteiger partial charge in [0.25, 0.3) is 5.91 Å². The third-order valence-electron chi connectivity index (χ3n) is 7.80. The standard InChI is InChI=1S/C24H30N4O/c1-16-14-26-18(15-25-16)23(29)28-19(12-17-8-5-4-6-9-17)20-13-24(2)21(27(20)3)10-7-11-22(24)28/h4-6,8-9,14-15,19-22H,7,10-13H2,1-3H3/t19-,20-,21-,22+,24-/m0/s1. The summed E-state index contributed by atoms with van der Waals surface area (Å²) in [5.41, 5.74) is 2.77. The summed E-state index contributed by atoms with van der Waals surface area (Å²) >= 11 is 0. The van der Waals surface area contributed by atoms with E-state index in [1.165, 1.54) is 24.8 Å². The molecular formula is C24H30N4O. The zero-order chi connectivity index (χ0) is 20.2. The quantitative estimate of drug-likeness (QED) is 0.805. The van der Waals surface area contributed by atoms with Crippen LogP contribution in [0.15, 0.2) is 42.7 Å². The number of aryl methyl sites for hydroxylation is 1. The molecule has 1 amide bonds. The first-order valence-electron chi connectivity index (χ1n) is 10.9. The van der Waals surface area contributed by atoms with Gasteiger partial charge < -0.3 is 4.90 Å². The fourth-order valence-corrected chi connectivity index (χ4v) is 6.45. The normalized spacial score (nSPS) is 33.7. The number of rotatable bonds is 3. The number of likely N-dealkylation sites (N-methyl/N-ethyl adjacent to an activating group) is 1. The molecule has 1 aromatic carbocycles. The lowest BCUT2D eigenvalue weighted by Gasteiger charge is -2.53. The second kappa shape index (κ2) is 6.91. The van der Waals surface area contributed by atoms with Gasteiger partial charge >= 0.3 is 0 Å². The van der Waals surface area contributed by atoms with Crippen molar-refractivity contribution in [1.29, 1.82) is 0 Å². The van der Waals surface area contributed by atoms with Crippen LogP contribution in [-0.4, -0.2) is 56.9 Å². The van der Waals surface area contributed by atoms with E-state index >= 15 is 0 Å². The summed E-state index contributed by atoms with van der Waals surface area (Å²) in [6.07, 6.45) is 8.94. The molecule has 3 fully saturated rings. The van der Waals surface area contributed by atoms with Crippen LogP contribution in [0.3, 0.4) is 0 Å². The van der Waals surface area contributed by atoms with E-state index in [9.17, 15) is 4.79 Å². The Hall–Kier alpha value is -2.27. The van der Waals surface area contributed by atoms with Crippen molar-refractivity contribution in [3.63, 3.8) is 0 Å². The number of hydrogen-bond donors (Lipinski definition) is 0. The highest BCUT2D eigenvalue weighted by Gasteiger charge is 2.62. The lowest BCUT2D eigenvalue weighted by Crippen LogP contribution is -2.62. The van der Waals surface area contributed by atoms with Crippen LogP contribution in [0.1, 0.15) is 54.4 Å². The van der Waals surface area contributed by atoms with Gasteiger partial charge in [-0.3, -0.25) is 14.7 Å². The van der Waals surface area contributed by atoms with Crippen LogP contribution in [-0.2, 0) is 6.42 Å². The molecule has 1 saturated carbocycles. The fraction of sp³-hybridized carbons (Fsp3) is 0.542. The van der Waals surface area contributed by atoms with E-state index in [1.54, 1.807) is 12.4 Å². The van der Waals surface area contributed by atoms with Crippen LogP contribution < -0.4 is 0 Å². The lowest BCUT2D eigenvalue weighted by atomic mass is 9.64. The van der Waals surface area contributed by atoms with Gasteiger partial charge in [0.1, 0.15) is 5.69 Å². The zero-order valence-electron chi connectivity index (χ0n) is 17.6. The summed E-state index contributed by atoms with van der Waals surface area (Å²) in [7, 11) is 2.28. The molecule has 1 aliphatic carbocycles. The summed E-state index contributed by atoms with van der Waals surface area (Å²) in [6, 6.07) is 12.0. The molecule has 0 unspecified atom stereocenters. The summed E-state index contributed by atoms with van der Waals surface area (Å²) in [4.78, 5) is 27.4. The summed E-state index contributed by atoms with van der Waals surface area (Å²) in [5, 5.41) is 0. The summed E-state index contributed by atoms with van der Waals surface area (Å²) in [6.45, 7) is 4.32. The zero-order valence-corrected chi connectivity index (χ0v) is 17.6. The van der Waals surface area contributed by atoms with Crippen molar-refractivity contribution < 1.29 is 4.79 Å². The minimum absolute atomic E-state index is 0.0512. The number of amides is 1. The highest BCUT2D eigenvalue weighted by Crippen LogP contribution is 2.56. The van der Waals surface area contributed by atoms with Crippen molar-refractivity contribution in [3.8, 4) is 0 Å². The smallest absolute Gasteiger partial charge is 0.274 e. The number of likely N-dealkylation sites (tertiary alicyclic amines) is 2. The SMILES string of the molecule is Cc1cnc(C(=O)N2[C@@H](Cc3ccccc3)[C@@H]3C[C@@]4(C)[C@H](CCC[C@@H]24)N3C)cn1. The van der Waals surface area contributed by atoms with E-state index < -0.39 is 0 Å². The van der Waals surface area contributed by atoms with Gasteiger partial charge in [-0.05, 0) is 51.6 Å². The largest absolute Gasteiger partial charge is 0.329 e. The second-order valence-electron chi connectivity index (χ2n) is 9.42. The number of nitrogens with zero attached hydrogens (tertiary/aromatic N) is 4. The Morgan fingerprint density at radius 2 is 1.90 bits per heavy atom. The summed E-state index contributed by atoms with van der Waals surface area (Å²) < 4.78 is 0. The van der Waals surface area contributed by atoms with Gasteiger partial charge in [-0.15, -0.1) is 0 Å². The molecule has 5 heteroatoms. The molecule has 0 N–H and O–H groups in total. The maximum Gasteiger partial charge on any atom is 0.274 e. The molecule has 0 spiro atoms. The van der Waals surface area contributed by atoms with Crippen LogP contribution in [0.5, 0.6) is 0 Å². The molecule has 3 aliphatic rings. The van der Waals surface area contributed by atoms with E-state index in [4.69, 9.17) is 0 Å². The number of fused-ring (bicyclic) bond motifs is 1. The number of hydrogen-bond acceptors (Lipinski definition) is 4. The van der Waals surface area contributed by atoms with Gasteiger partial charge in [-0.2, -0.15) is 0 Å². The third-order valence-corrected chi connectivity index (χ3v) is 7.80. The first-order chi connectivity index (χ1) is 14.0. The number of piperidine rings is 1. The van der Waals surface area contributed by atoms with Crippen LogP contribution in [0.4, 0.5) is 0 Å². The number of carbonyl (C=O) groups is 1. The Labute approximate surface area is 173 Å². The molecule has 0 radical (unpaired) electrons. The molecule has 29 heavy (non-hydrogen) atoms. The Bertz CT molecular complexity index is 899. The molecule has 5 atom stereocenters. The van der Waals surface area contributed by atoms with Crippen LogP contribution >= 0.6 is 0 Å². The predicted octanol–water partition coefficient (Wildman–Crippen LogP) is 3.48. The maximum absolute atomic E-state index is 13.8. The molecule has 2 bridgehead atoms. The molecule has 5 rings (SSSR count). The maximum atomic E-state index is 13.8. The van der Waals surface area contributed by atoms with Crippen molar-refractivity contribution in [2.45, 2.75) is 70.1 Å². The van der Waals surface area contributed by atoms with Crippen molar-refractivity contribution in [3.05, 3.63) is 59.7 Å². The van der Waals surface area contributed by atoms with Crippen LogP contribution in [0.2, 0.25) is 0 Å². The molecule has 5 nitrogen and oxygen atoms in total. The van der Waals surface area contributed by atoms with Gasteiger partial charge in [-0.25, -0.2) is 4.98 Å². The van der Waals surface area contributed by atoms with Gasteiger partial charge in [0, 0.05) is 29.7 Å². The van der Waals surface area contributed by atoms with Crippen molar-refractivity contribution in [2.24, 2.45) is 5.41 Å². The van der Waals surface area contributed by atoms with E-state index in [2.05, 4.69) is 64.1 Å². The Balaban J connectivity index is 1.58. The van der Waals surface area contributed by atoms with Crippen molar-refractivity contribution >= 4 is 5.91 Å². The van der Waals surface area contributed by atoms with Gasteiger partial charge in [0.05, 0.1) is 17.9 Å². The van der Waals surface area contributed by atoms with Crippen molar-refractivity contribution in [2.75, 3.05) is 7.05 Å². The molecule has 2 saturated heterocycles. The average molecular weight is 391 g/mol. The second-order valence-corrected chi connectivity index (χ2v) is 9.42. The van der Waals surface area contributed by atoms with E-state index in [-0.39, 0.29) is 23.4 Å². The third kappa shape index (κ3) is 2.90. The van der Waals surface area contributed by atoms with Crippen LogP contribution in [0.25, 0.3) is 0 Å². The van der Waals surface area contributed by atoms with E-state index in [0.717, 1.165) is 18.5 Å². The first kappa shape index (κ1) is 18.7. The van der Waals surface area contributed by atoms with Crippen molar-refractivity contribution in [1.82, 2.24) is 19.8 Å². The number of benzene rings is 1. The molecule has 3 heterocycles. The minimum Gasteiger partial charge on any atom is -0.329 e. The summed E-state index contributed by atoms with van der Waals surface area (Å²) in [5.74, 6) is 0.0512. The molecule has 2 aliphatic heterocycles. The number of aromatic nitrogens is 2. The molecule has 1 aromatic heterocycles. The van der Waals surface area contributed by atoms with E-state index in [0.29, 0.717) is 17.8 Å². The monoisotopic (exact) mass is 390 g/mol. The predicted molar refractivity (Wildman–Crippen MR) is 113 cm³/mol. The highest BCUT2D eigenvalue weighted by molar-refractivity contribution is 5.92. The van der Waals surface area contributed by atoms with E-state index in [1.807, 2.05) is 6.92 Å². The van der Waals surface area contributed by atoms with Gasteiger partial charge in [-0.1, -0.05) is 37.3 Å². The Morgan fingerprint density at radius 3 is 2.62 bits per heavy atom. The fourth-order valence-electron chi connectivity index (χ4n) is 6.45. The minimum atomic E-state index is 0.0512. The van der Waals surface area contributed by atoms with Gasteiger partial charge in [0.2, 0.25) is 0 Å². The van der Waals surface area contributed by atoms with Gasteiger partial charge in [0.15, 0.2) is 0 Å².